The average Bonchev–Trinajstić information content (AvgIpc) is 3.26. The molecule has 0 spiro atoms. The lowest BCUT2D eigenvalue weighted by molar-refractivity contribution is 0.592. The van der Waals surface area contributed by atoms with E-state index < -0.39 is 21.1 Å². The number of hydrogen-bond donors (Lipinski definition) is 0. The summed E-state index contributed by atoms with van der Waals surface area (Å²) in [6, 6.07) is 7.73. The molecular formula is C24H27FN2O3S. The summed E-state index contributed by atoms with van der Waals surface area (Å²) in [4.78, 5) is 15.0. The Hall–Kier alpha value is -2.67. The van der Waals surface area contributed by atoms with Gasteiger partial charge in [0, 0.05) is 25.8 Å². The van der Waals surface area contributed by atoms with Crippen molar-refractivity contribution in [2.24, 2.45) is 0 Å². The number of sulfone groups is 1. The van der Waals surface area contributed by atoms with Crippen LogP contribution < -0.4 is 10.3 Å². The number of hydrogen-bond acceptors (Lipinski definition) is 4. The molecule has 1 fully saturated rings. The normalized spacial score (nSPS) is 14.5. The van der Waals surface area contributed by atoms with Crippen LogP contribution in [-0.4, -0.2) is 26.1 Å². The van der Waals surface area contributed by atoms with Gasteiger partial charge in [0.05, 0.1) is 21.5 Å². The number of halogens is 1. The summed E-state index contributed by atoms with van der Waals surface area (Å²) >= 11 is 0. The highest BCUT2D eigenvalue weighted by Crippen LogP contribution is 2.29. The van der Waals surface area contributed by atoms with Gasteiger partial charge in [-0.1, -0.05) is 13.0 Å². The lowest BCUT2D eigenvalue weighted by Crippen LogP contribution is -2.22. The number of fused-ring (bicyclic) bond motifs is 1. The van der Waals surface area contributed by atoms with Crippen LogP contribution in [0.1, 0.15) is 37.3 Å². The summed E-state index contributed by atoms with van der Waals surface area (Å²) in [7, 11) is -4.05. The van der Waals surface area contributed by atoms with Gasteiger partial charge in [-0.3, -0.25) is 4.79 Å². The maximum atomic E-state index is 15.0. The third-order valence-corrected chi connectivity index (χ3v) is 7.85. The standard InChI is InChI=1S/C24H27FN2O3S/c1-4-9-27-15-23(31(29,30)18-8-7-16(2)17(3)12-18)24(28)19-13-20(25)22(14-21(19)27)26-10-5-6-11-26/h7-8,12-15H,4-6,9-11H2,1-3H3. The minimum atomic E-state index is -4.05. The van der Waals surface area contributed by atoms with Crippen molar-refractivity contribution in [1.82, 2.24) is 4.57 Å². The first-order valence-electron chi connectivity index (χ1n) is 10.7. The lowest BCUT2D eigenvalue weighted by Gasteiger charge is -2.21. The van der Waals surface area contributed by atoms with E-state index in [0.29, 0.717) is 17.7 Å². The van der Waals surface area contributed by atoms with Gasteiger partial charge < -0.3 is 9.47 Å². The molecule has 0 aliphatic carbocycles. The minimum Gasteiger partial charge on any atom is -0.369 e. The SMILES string of the molecule is CCCn1cc(S(=O)(=O)c2ccc(C)c(C)c2)c(=O)c2cc(F)c(N3CCCC3)cc21. The lowest BCUT2D eigenvalue weighted by atomic mass is 10.1. The van der Waals surface area contributed by atoms with Gasteiger partial charge in [-0.15, -0.1) is 0 Å². The molecule has 164 valence electrons. The van der Waals surface area contributed by atoms with E-state index in [1.165, 1.54) is 18.3 Å². The van der Waals surface area contributed by atoms with E-state index >= 15 is 0 Å². The van der Waals surface area contributed by atoms with Gasteiger partial charge in [-0.2, -0.15) is 0 Å². The van der Waals surface area contributed by atoms with Crippen LogP contribution in [0.3, 0.4) is 0 Å². The molecule has 1 aromatic heterocycles. The molecule has 4 rings (SSSR count). The molecule has 5 nitrogen and oxygen atoms in total. The van der Waals surface area contributed by atoms with Crippen LogP contribution in [0.2, 0.25) is 0 Å². The van der Waals surface area contributed by atoms with E-state index in [2.05, 4.69) is 0 Å². The van der Waals surface area contributed by atoms with Gasteiger partial charge in [-0.25, -0.2) is 12.8 Å². The maximum absolute atomic E-state index is 15.0. The second kappa shape index (κ2) is 8.11. The number of aromatic nitrogens is 1. The molecule has 2 aromatic carbocycles. The molecule has 1 saturated heterocycles. The Morgan fingerprint density at radius 1 is 1.03 bits per heavy atom. The van der Waals surface area contributed by atoms with Crippen LogP contribution in [0, 0.1) is 19.7 Å². The molecule has 7 heteroatoms. The maximum Gasteiger partial charge on any atom is 0.211 e. The van der Waals surface area contributed by atoms with Gasteiger partial charge in [0.25, 0.3) is 0 Å². The number of aryl methyl sites for hydroxylation is 3. The molecule has 0 saturated carbocycles. The highest BCUT2D eigenvalue weighted by atomic mass is 32.2. The predicted octanol–water partition coefficient (Wildman–Crippen LogP) is 4.60. The van der Waals surface area contributed by atoms with Crippen molar-refractivity contribution in [3.63, 3.8) is 0 Å². The van der Waals surface area contributed by atoms with Crippen LogP contribution in [0.25, 0.3) is 10.9 Å². The second-order valence-electron chi connectivity index (χ2n) is 8.28. The number of anilines is 1. The van der Waals surface area contributed by atoms with E-state index in [9.17, 15) is 17.6 Å². The fourth-order valence-corrected chi connectivity index (χ4v) is 5.65. The molecule has 0 N–H and O–H groups in total. The van der Waals surface area contributed by atoms with Gasteiger partial charge in [0.2, 0.25) is 15.3 Å². The summed E-state index contributed by atoms with van der Waals surface area (Å²) in [6.45, 7) is 7.79. The van der Waals surface area contributed by atoms with Crippen molar-refractivity contribution in [2.45, 2.75) is 56.4 Å². The first kappa shape index (κ1) is 21.6. The van der Waals surface area contributed by atoms with Crippen molar-refractivity contribution in [3.8, 4) is 0 Å². The first-order chi connectivity index (χ1) is 14.7. The molecule has 1 aliphatic rings. The van der Waals surface area contributed by atoms with Crippen LogP contribution in [0.4, 0.5) is 10.1 Å². The third kappa shape index (κ3) is 3.76. The average molecular weight is 443 g/mol. The largest absolute Gasteiger partial charge is 0.369 e. The number of rotatable bonds is 5. The minimum absolute atomic E-state index is 0.0734. The highest BCUT2D eigenvalue weighted by molar-refractivity contribution is 7.91. The van der Waals surface area contributed by atoms with Crippen molar-refractivity contribution in [2.75, 3.05) is 18.0 Å². The number of benzene rings is 2. The summed E-state index contributed by atoms with van der Waals surface area (Å²) in [5.74, 6) is -0.490. The predicted molar refractivity (Wildman–Crippen MR) is 121 cm³/mol. The molecule has 0 amide bonds. The van der Waals surface area contributed by atoms with Crippen LogP contribution in [0.5, 0.6) is 0 Å². The van der Waals surface area contributed by atoms with Crippen molar-refractivity contribution in [1.29, 1.82) is 0 Å². The summed E-state index contributed by atoms with van der Waals surface area (Å²) in [6.07, 6.45) is 4.18. The Morgan fingerprint density at radius 2 is 1.74 bits per heavy atom. The van der Waals surface area contributed by atoms with E-state index in [4.69, 9.17) is 0 Å². The number of pyridine rings is 1. The quantitative estimate of drug-likeness (QED) is 0.579. The molecule has 3 aromatic rings. The van der Waals surface area contributed by atoms with Gasteiger partial charge in [0.1, 0.15) is 10.7 Å². The van der Waals surface area contributed by atoms with Crippen molar-refractivity contribution in [3.05, 3.63) is 63.7 Å². The van der Waals surface area contributed by atoms with E-state index in [1.54, 1.807) is 22.8 Å². The molecule has 2 heterocycles. The molecule has 0 bridgehead atoms. The summed E-state index contributed by atoms with van der Waals surface area (Å²) in [5.41, 5.74) is 2.18. The van der Waals surface area contributed by atoms with Gasteiger partial charge in [0.15, 0.2) is 0 Å². The molecule has 0 atom stereocenters. The van der Waals surface area contributed by atoms with Crippen LogP contribution in [0.15, 0.2) is 51.1 Å². The molecule has 0 unspecified atom stereocenters. The fraction of sp³-hybridized carbons (Fsp3) is 0.375. The van der Waals surface area contributed by atoms with E-state index in [0.717, 1.165) is 43.5 Å². The Morgan fingerprint density at radius 3 is 2.39 bits per heavy atom. The van der Waals surface area contributed by atoms with E-state index in [1.807, 2.05) is 25.7 Å². The molecule has 31 heavy (non-hydrogen) atoms. The topological polar surface area (TPSA) is 59.4 Å². The summed E-state index contributed by atoms with van der Waals surface area (Å²) < 4.78 is 43.5. The molecular weight excluding hydrogens is 415 g/mol. The van der Waals surface area contributed by atoms with Gasteiger partial charge in [-0.05, 0) is 68.5 Å². The smallest absolute Gasteiger partial charge is 0.211 e. The zero-order chi connectivity index (χ0) is 22.3. The van der Waals surface area contributed by atoms with Crippen LogP contribution >= 0.6 is 0 Å². The Kier molecular flexibility index (Phi) is 5.64. The second-order valence-corrected chi connectivity index (χ2v) is 10.2. The summed E-state index contributed by atoms with van der Waals surface area (Å²) in [5, 5.41) is 0.0961. The molecule has 0 radical (unpaired) electrons. The van der Waals surface area contributed by atoms with Crippen LogP contribution in [-0.2, 0) is 16.4 Å². The Bertz CT molecular complexity index is 1320. The van der Waals surface area contributed by atoms with Gasteiger partial charge >= 0.3 is 0 Å². The monoisotopic (exact) mass is 442 g/mol. The zero-order valence-electron chi connectivity index (χ0n) is 18.1. The van der Waals surface area contributed by atoms with Crippen molar-refractivity contribution < 1.29 is 12.8 Å². The molecule has 1 aliphatic heterocycles. The highest BCUT2D eigenvalue weighted by Gasteiger charge is 2.26. The first-order valence-corrected chi connectivity index (χ1v) is 12.2. The fourth-order valence-electron chi connectivity index (χ4n) is 4.20. The Balaban J connectivity index is 1.96. The van der Waals surface area contributed by atoms with E-state index in [-0.39, 0.29) is 15.2 Å². The number of nitrogens with zero attached hydrogens (tertiary/aromatic N) is 2. The third-order valence-electron chi connectivity index (χ3n) is 6.11. The van der Waals surface area contributed by atoms with Crippen molar-refractivity contribution >= 4 is 26.4 Å². The Labute approximate surface area is 182 Å². The zero-order valence-corrected chi connectivity index (χ0v) is 18.9.